The molecule has 0 bridgehead atoms. The van der Waals surface area contributed by atoms with Crippen LogP contribution in [0.2, 0.25) is 0 Å². The van der Waals surface area contributed by atoms with Crippen molar-refractivity contribution in [3.8, 4) is 0 Å². The first-order chi connectivity index (χ1) is 21.3. The summed E-state index contributed by atoms with van der Waals surface area (Å²) < 4.78 is 11.0. The fourth-order valence-electron chi connectivity index (χ4n) is 5.04. The molecular formula is C35H48N4O7. The number of nitrogens with one attached hydrogen (secondary N) is 2. The minimum Gasteiger partial charge on any atom is -0.458 e. The largest absolute Gasteiger partial charge is 0.458 e. The van der Waals surface area contributed by atoms with Crippen molar-refractivity contribution in [3.05, 3.63) is 70.8 Å². The van der Waals surface area contributed by atoms with Gasteiger partial charge in [0, 0.05) is 12.5 Å². The summed E-state index contributed by atoms with van der Waals surface area (Å²) in [7, 11) is 0. The van der Waals surface area contributed by atoms with E-state index in [0.717, 1.165) is 16.7 Å². The highest BCUT2D eigenvalue weighted by atomic mass is 16.6. The first-order valence-corrected chi connectivity index (χ1v) is 15.6. The van der Waals surface area contributed by atoms with Crippen molar-refractivity contribution >= 4 is 29.8 Å². The summed E-state index contributed by atoms with van der Waals surface area (Å²) in [6.45, 7) is 14.0. The first kappa shape index (κ1) is 36.1. The first-order valence-electron chi connectivity index (χ1n) is 15.6. The van der Waals surface area contributed by atoms with Crippen LogP contribution in [0.15, 0.2) is 48.5 Å². The molecule has 250 valence electrons. The smallest absolute Gasteiger partial charge is 0.408 e. The lowest BCUT2D eigenvalue weighted by molar-refractivity contribution is -0.159. The number of alkyl carbamates (subject to hydrolysis) is 1. The van der Waals surface area contributed by atoms with Gasteiger partial charge in [-0.05, 0) is 84.9 Å². The second-order valence-electron chi connectivity index (χ2n) is 13.9. The second kappa shape index (κ2) is 14.8. The third kappa shape index (κ3) is 10.9. The lowest BCUT2D eigenvalue weighted by Gasteiger charge is -2.36. The number of carbonyl (C=O) groups excluding carboxylic acids is 5. The van der Waals surface area contributed by atoms with Crippen LogP contribution in [0.25, 0.3) is 0 Å². The average molecular weight is 637 g/mol. The third-order valence-electron chi connectivity index (χ3n) is 7.14. The van der Waals surface area contributed by atoms with Gasteiger partial charge in [0.15, 0.2) is 0 Å². The quantitative estimate of drug-likeness (QED) is 0.295. The number of nitrogens with zero attached hydrogens (tertiary/aromatic N) is 1. The molecule has 1 fully saturated rings. The Balaban J connectivity index is 2.08. The molecule has 1 aliphatic rings. The molecule has 3 atom stereocenters. The zero-order valence-corrected chi connectivity index (χ0v) is 28.1. The van der Waals surface area contributed by atoms with E-state index in [1.54, 1.807) is 41.5 Å². The molecule has 0 aromatic heterocycles. The zero-order valence-electron chi connectivity index (χ0n) is 28.1. The summed E-state index contributed by atoms with van der Waals surface area (Å²) in [5.41, 5.74) is 6.79. The van der Waals surface area contributed by atoms with Crippen LogP contribution in [-0.2, 0) is 35.1 Å². The normalized spacial score (nSPS) is 15.1. The standard InChI is InChI=1S/C35H48N4O7/c1-21-14-15-22(2)25(18-21)29(30(41)37-27(32(43)45-34(3,4)5)19-23-12-10-9-11-13-23)39(24-16-17-24)31(42)26(20-28(36)40)38-33(44)46-35(6,7)8/h9-15,18,24,26-27,29H,16-17,19-20H2,1-8H3,(H2,36,40)(H,37,41)(H,38,44). The Kier molecular flexibility index (Phi) is 11.6. The Morgan fingerprint density at radius 1 is 0.870 bits per heavy atom. The van der Waals surface area contributed by atoms with Gasteiger partial charge in [0.2, 0.25) is 17.7 Å². The maximum absolute atomic E-state index is 14.5. The SMILES string of the molecule is Cc1ccc(C)c(C(C(=O)NC(Cc2ccccc2)C(=O)OC(C)(C)C)N(C(=O)C(CC(N)=O)NC(=O)OC(C)(C)C)C2CC2)c1. The molecule has 11 nitrogen and oxygen atoms in total. The fraction of sp³-hybridized carbons (Fsp3) is 0.514. The van der Waals surface area contributed by atoms with Gasteiger partial charge >= 0.3 is 12.1 Å². The number of benzene rings is 2. The maximum atomic E-state index is 14.5. The Morgan fingerprint density at radius 2 is 1.48 bits per heavy atom. The van der Waals surface area contributed by atoms with Gasteiger partial charge < -0.3 is 30.7 Å². The van der Waals surface area contributed by atoms with Crippen molar-refractivity contribution in [1.82, 2.24) is 15.5 Å². The molecule has 3 unspecified atom stereocenters. The molecule has 0 radical (unpaired) electrons. The number of rotatable bonds is 12. The van der Waals surface area contributed by atoms with Crippen molar-refractivity contribution in [2.75, 3.05) is 0 Å². The van der Waals surface area contributed by atoms with Crippen molar-refractivity contribution in [1.29, 1.82) is 0 Å². The van der Waals surface area contributed by atoms with Crippen LogP contribution in [0.4, 0.5) is 4.79 Å². The lowest BCUT2D eigenvalue weighted by Crippen LogP contribution is -2.56. The van der Waals surface area contributed by atoms with Gasteiger partial charge in [0.1, 0.15) is 29.3 Å². The number of aryl methyl sites for hydroxylation is 2. The summed E-state index contributed by atoms with van der Waals surface area (Å²) >= 11 is 0. The van der Waals surface area contributed by atoms with E-state index in [1.165, 1.54) is 4.90 Å². The van der Waals surface area contributed by atoms with Gasteiger partial charge in [0.05, 0.1) is 6.42 Å². The van der Waals surface area contributed by atoms with E-state index >= 15 is 0 Å². The number of ether oxygens (including phenoxy) is 2. The average Bonchev–Trinajstić information content (AvgIpc) is 3.75. The molecule has 46 heavy (non-hydrogen) atoms. The van der Waals surface area contributed by atoms with Crippen molar-refractivity contribution in [2.45, 2.75) is 116 Å². The van der Waals surface area contributed by atoms with E-state index in [4.69, 9.17) is 15.2 Å². The van der Waals surface area contributed by atoms with E-state index in [-0.39, 0.29) is 12.5 Å². The predicted molar refractivity (Wildman–Crippen MR) is 173 cm³/mol. The number of amides is 4. The minimum absolute atomic E-state index is 0.156. The van der Waals surface area contributed by atoms with E-state index in [9.17, 15) is 24.0 Å². The van der Waals surface area contributed by atoms with Crippen molar-refractivity contribution in [3.63, 3.8) is 0 Å². The summed E-state index contributed by atoms with van der Waals surface area (Å²) in [5, 5.41) is 5.39. The van der Waals surface area contributed by atoms with Crippen LogP contribution in [-0.4, -0.2) is 64.0 Å². The number of esters is 1. The molecule has 2 aromatic rings. The fourth-order valence-corrected chi connectivity index (χ4v) is 5.04. The Labute approximate surface area is 271 Å². The molecule has 2 aromatic carbocycles. The summed E-state index contributed by atoms with van der Waals surface area (Å²) in [5.74, 6) is -2.70. The zero-order chi connectivity index (χ0) is 34.4. The van der Waals surface area contributed by atoms with E-state index in [0.29, 0.717) is 18.4 Å². The van der Waals surface area contributed by atoms with Crippen LogP contribution in [0.5, 0.6) is 0 Å². The molecule has 4 N–H and O–H groups in total. The van der Waals surface area contributed by atoms with Crippen molar-refractivity contribution < 1.29 is 33.4 Å². The number of nitrogens with two attached hydrogens (primary N) is 1. The minimum atomic E-state index is -1.39. The van der Waals surface area contributed by atoms with Gasteiger partial charge in [-0.1, -0.05) is 54.1 Å². The molecule has 0 saturated heterocycles. The van der Waals surface area contributed by atoms with Crippen LogP contribution >= 0.6 is 0 Å². The highest BCUT2D eigenvalue weighted by molar-refractivity contribution is 5.96. The Bertz CT molecular complexity index is 1420. The highest BCUT2D eigenvalue weighted by Crippen LogP contribution is 2.37. The van der Waals surface area contributed by atoms with E-state index < -0.39 is 65.5 Å². The molecule has 1 aliphatic carbocycles. The van der Waals surface area contributed by atoms with Gasteiger partial charge in [-0.2, -0.15) is 0 Å². The topological polar surface area (TPSA) is 157 Å². The summed E-state index contributed by atoms with van der Waals surface area (Å²) in [6.07, 6.45) is -0.0334. The molecule has 1 saturated carbocycles. The summed E-state index contributed by atoms with van der Waals surface area (Å²) in [4.78, 5) is 68.6. The molecule has 3 rings (SSSR count). The van der Waals surface area contributed by atoms with E-state index in [2.05, 4.69) is 10.6 Å². The van der Waals surface area contributed by atoms with Gasteiger partial charge in [-0.15, -0.1) is 0 Å². The van der Waals surface area contributed by atoms with Gasteiger partial charge in [0.25, 0.3) is 0 Å². The molecule has 0 heterocycles. The number of hydrogen-bond acceptors (Lipinski definition) is 7. The van der Waals surface area contributed by atoms with Crippen LogP contribution < -0.4 is 16.4 Å². The molecule has 11 heteroatoms. The Morgan fingerprint density at radius 3 is 2.02 bits per heavy atom. The Hall–Kier alpha value is -4.41. The maximum Gasteiger partial charge on any atom is 0.408 e. The lowest BCUT2D eigenvalue weighted by atomic mass is 9.95. The molecule has 0 spiro atoms. The summed E-state index contributed by atoms with van der Waals surface area (Å²) in [6, 6.07) is 10.8. The molecule has 0 aliphatic heterocycles. The number of primary amides is 1. The number of carbonyl (C=O) groups is 5. The predicted octanol–water partition coefficient (Wildman–Crippen LogP) is 4.17. The third-order valence-corrected chi connectivity index (χ3v) is 7.14. The van der Waals surface area contributed by atoms with Crippen molar-refractivity contribution in [2.24, 2.45) is 5.73 Å². The molecular weight excluding hydrogens is 588 g/mol. The van der Waals surface area contributed by atoms with Crippen LogP contribution in [0.1, 0.15) is 89.1 Å². The van der Waals surface area contributed by atoms with Gasteiger partial charge in [-0.25, -0.2) is 9.59 Å². The molecule has 4 amide bonds. The monoisotopic (exact) mass is 636 g/mol. The van der Waals surface area contributed by atoms with Gasteiger partial charge in [-0.3, -0.25) is 14.4 Å². The second-order valence-corrected chi connectivity index (χ2v) is 13.9. The van der Waals surface area contributed by atoms with Crippen LogP contribution in [0, 0.1) is 13.8 Å². The van der Waals surface area contributed by atoms with E-state index in [1.807, 2.05) is 62.4 Å². The number of hydrogen-bond donors (Lipinski definition) is 3. The highest BCUT2D eigenvalue weighted by Gasteiger charge is 2.45. The van der Waals surface area contributed by atoms with Crippen LogP contribution in [0.3, 0.4) is 0 Å².